The molecule has 30 heavy (non-hydrogen) atoms. The second-order valence-corrected chi connectivity index (χ2v) is 10.9. The average Bonchev–Trinajstić information content (AvgIpc) is 3.20. The number of alkyl halides is 3. The highest BCUT2D eigenvalue weighted by Crippen LogP contribution is 2.31. The molecule has 2 rings (SSSR count). The third-order valence-electron chi connectivity index (χ3n) is 4.52. The lowest BCUT2D eigenvalue weighted by atomic mass is 10.2. The van der Waals surface area contributed by atoms with Crippen molar-refractivity contribution in [2.75, 3.05) is 31.6 Å². The molecule has 1 aromatic carbocycles. The minimum absolute atomic E-state index is 0.107. The van der Waals surface area contributed by atoms with E-state index in [1.54, 1.807) is 13.8 Å². The van der Waals surface area contributed by atoms with Crippen LogP contribution in [-0.2, 0) is 19.5 Å². The van der Waals surface area contributed by atoms with Crippen LogP contribution in [0.3, 0.4) is 0 Å². The Labute approximate surface area is 192 Å². The molecule has 1 heterocycles. The van der Waals surface area contributed by atoms with Gasteiger partial charge in [-0.2, -0.15) is 4.31 Å². The SMILES string of the molecule is CCN(CC)S(=O)(=O)c1ccc(N[C@H](NC(=O)OC[C@H]2CCCO2)C(Cl)(Cl)Cl)cc1. The smallest absolute Gasteiger partial charge is 0.408 e. The van der Waals surface area contributed by atoms with Gasteiger partial charge in [0.2, 0.25) is 13.8 Å². The number of nitrogens with zero attached hydrogens (tertiary/aromatic N) is 1. The Hall–Kier alpha value is -0.970. The average molecular weight is 503 g/mol. The number of hydrogen-bond donors (Lipinski definition) is 2. The molecular formula is C18H26Cl3N3O5S. The lowest BCUT2D eigenvalue weighted by molar-refractivity contribution is 0.0432. The van der Waals surface area contributed by atoms with Crippen LogP contribution in [-0.4, -0.2) is 61.2 Å². The molecule has 2 N–H and O–H groups in total. The zero-order valence-corrected chi connectivity index (χ0v) is 19.8. The maximum absolute atomic E-state index is 12.6. The summed E-state index contributed by atoms with van der Waals surface area (Å²) in [5.41, 5.74) is 0.448. The van der Waals surface area contributed by atoms with Crippen LogP contribution in [0.4, 0.5) is 10.5 Å². The van der Waals surface area contributed by atoms with Gasteiger partial charge in [-0.15, -0.1) is 0 Å². The molecule has 0 unspecified atom stereocenters. The molecule has 170 valence electrons. The number of rotatable bonds is 9. The molecule has 0 aromatic heterocycles. The highest BCUT2D eigenvalue weighted by molar-refractivity contribution is 7.89. The Kier molecular flexibility index (Phi) is 9.32. The first-order valence-electron chi connectivity index (χ1n) is 9.56. The van der Waals surface area contributed by atoms with Gasteiger partial charge in [-0.05, 0) is 37.1 Å². The third kappa shape index (κ3) is 7.03. The van der Waals surface area contributed by atoms with Crippen LogP contribution in [0.1, 0.15) is 26.7 Å². The molecule has 12 heteroatoms. The van der Waals surface area contributed by atoms with Gasteiger partial charge in [0, 0.05) is 25.4 Å². The first-order chi connectivity index (χ1) is 14.1. The van der Waals surface area contributed by atoms with Gasteiger partial charge in [0.25, 0.3) is 0 Å². The summed E-state index contributed by atoms with van der Waals surface area (Å²) in [6.45, 7) is 5.03. The van der Waals surface area contributed by atoms with Crippen LogP contribution in [0.25, 0.3) is 0 Å². The van der Waals surface area contributed by atoms with Crippen LogP contribution >= 0.6 is 34.8 Å². The van der Waals surface area contributed by atoms with E-state index in [0.29, 0.717) is 25.4 Å². The predicted octanol–water partition coefficient (Wildman–Crippen LogP) is 3.73. The summed E-state index contributed by atoms with van der Waals surface area (Å²) in [5.74, 6) is 0. The summed E-state index contributed by atoms with van der Waals surface area (Å²) in [6.07, 6.45) is -0.272. The number of halogens is 3. The highest BCUT2D eigenvalue weighted by atomic mass is 35.6. The number of anilines is 1. The van der Waals surface area contributed by atoms with Gasteiger partial charge in [0.1, 0.15) is 12.8 Å². The van der Waals surface area contributed by atoms with Gasteiger partial charge in [-0.25, -0.2) is 13.2 Å². The topological polar surface area (TPSA) is 97.0 Å². The summed E-state index contributed by atoms with van der Waals surface area (Å²) in [7, 11) is -3.58. The normalized spacial score (nSPS) is 18.3. The van der Waals surface area contributed by atoms with E-state index in [-0.39, 0.29) is 17.6 Å². The number of nitrogens with one attached hydrogen (secondary N) is 2. The zero-order chi connectivity index (χ0) is 22.4. The molecule has 0 saturated carbocycles. The minimum atomic E-state index is -3.58. The van der Waals surface area contributed by atoms with Gasteiger partial charge in [0.05, 0.1) is 11.0 Å². The van der Waals surface area contributed by atoms with Crippen LogP contribution in [0.5, 0.6) is 0 Å². The molecule has 1 saturated heterocycles. The summed E-state index contributed by atoms with van der Waals surface area (Å²) in [6, 6.07) is 5.95. The van der Waals surface area contributed by atoms with Crippen LogP contribution in [0, 0.1) is 0 Å². The fourth-order valence-corrected chi connectivity index (χ4v) is 4.69. The van der Waals surface area contributed by atoms with E-state index in [9.17, 15) is 13.2 Å². The molecule has 1 aromatic rings. The molecule has 1 fully saturated rings. The minimum Gasteiger partial charge on any atom is -0.447 e. The van der Waals surface area contributed by atoms with Crippen molar-refractivity contribution in [1.29, 1.82) is 0 Å². The first kappa shape index (κ1) is 25.3. The third-order valence-corrected chi connectivity index (χ3v) is 7.24. The Morgan fingerprint density at radius 2 is 1.90 bits per heavy atom. The van der Waals surface area contributed by atoms with Crippen molar-refractivity contribution < 1.29 is 22.7 Å². The van der Waals surface area contributed by atoms with Crippen molar-refractivity contribution in [3.63, 3.8) is 0 Å². The molecule has 2 atom stereocenters. The van der Waals surface area contributed by atoms with Gasteiger partial charge < -0.3 is 14.8 Å². The molecule has 1 amide bonds. The largest absolute Gasteiger partial charge is 0.447 e. The van der Waals surface area contributed by atoms with E-state index < -0.39 is 26.1 Å². The van der Waals surface area contributed by atoms with Gasteiger partial charge in [-0.3, -0.25) is 5.32 Å². The Bertz CT molecular complexity index is 792. The molecule has 1 aliphatic rings. The van der Waals surface area contributed by atoms with Crippen LogP contribution < -0.4 is 10.6 Å². The fraction of sp³-hybridized carbons (Fsp3) is 0.611. The Balaban J connectivity index is 2.03. The summed E-state index contributed by atoms with van der Waals surface area (Å²) >= 11 is 17.9. The lowest BCUT2D eigenvalue weighted by Crippen LogP contribution is -2.49. The molecular weight excluding hydrogens is 477 g/mol. The first-order valence-corrected chi connectivity index (χ1v) is 12.1. The number of alkyl carbamates (subject to hydrolysis) is 1. The number of sulfonamides is 1. The van der Waals surface area contributed by atoms with Crippen molar-refractivity contribution in [3.8, 4) is 0 Å². The van der Waals surface area contributed by atoms with E-state index in [1.165, 1.54) is 28.6 Å². The maximum Gasteiger partial charge on any atom is 0.408 e. The highest BCUT2D eigenvalue weighted by Gasteiger charge is 2.35. The Morgan fingerprint density at radius 1 is 1.27 bits per heavy atom. The molecule has 0 aliphatic carbocycles. The quantitative estimate of drug-likeness (QED) is 0.394. The summed E-state index contributed by atoms with van der Waals surface area (Å²) in [5, 5.41) is 5.33. The molecule has 8 nitrogen and oxygen atoms in total. The van der Waals surface area contributed by atoms with Gasteiger partial charge >= 0.3 is 6.09 Å². The second-order valence-electron chi connectivity index (χ2n) is 6.61. The van der Waals surface area contributed by atoms with E-state index in [2.05, 4.69) is 10.6 Å². The summed E-state index contributed by atoms with van der Waals surface area (Å²) < 4.78 is 35.1. The number of carbonyl (C=O) groups excluding carboxylic acids is 1. The number of carbonyl (C=O) groups is 1. The van der Waals surface area contributed by atoms with Crippen molar-refractivity contribution in [1.82, 2.24) is 9.62 Å². The number of benzene rings is 1. The lowest BCUT2D eigenvalue weighted by Gasteiger charge is -2.27. The van der Waals surface area contributed by atoms with Crippen LogP contribution in [0.15, 0.2) is 29.2 Å². The van der Waals surface area contributed by atoms with Crippen molar-refractivity contribution in [2.24, 2.45) is 0 Å². The molecule has 0 radical (unpaired) electrons. The standard InChI is InChI=1S/C18H26Cl3N3O5S/c1-3-24(4-2)30(26,27)15-9-7-13(8-10-15)22-16(18(19,20)21)23-17(25)29-12-14-6-5-11-28-14/h7-10,14,16,22H,3-6,11-12H2,1-2H3,(H,23,25)/t14-,16-/m1/s1. The van der Waals surface area contributed by atoms with Crippen molar-refractivity contribution in [3.05, 3.63) is 24.3 Å². The number of hydrogen-bond acceptors (Lipinski definition) is 6. The van der Waals surface area contributed by atoms with Gasteiger partial charge in [0.15, 0.2) is 0 Å². The number of ether oxygens (including phenoxy) is 2. The zero-order valence-electron chi connectivity index (χ0n) is 16.7. The molecule has 0 spiro atoms. The van der Waals surface area contributed by atoms with E-state index in [1.807, 2.05) is 0 Å². The molecule has 0 bridgehead atoms. The number of amides is 1. The maximum atomic E-state index is 12.6. The second kappa shape index (κ2) is 11.1. The van der Waals surface area contributed by atoms with E-state index in [0.717, 1.165) is 12.8 Å². The van der Waals surface area contributed by atoms with Gasteiger partial charge in [-0.1, -0.05) is 48.7 Å². The molecule has 1 aliphatic heterocycles. The monoisotopic (exact) mass is 501 g/mol. The summed E-state index contributed by atoms with van der Waals surface area (Å²) in [4.78, 5) is 12.2. The van der Waals surface area contributed by atoms with E-state index >= 15 is 0 Å². The predicted molar refractivity (Wildman–Crippen MR) is 118 cm³/mol. The Morgan fingerprint density at radius 3 is 2.40 bits per heavy atom. The van der Waals surface area contributed by atoms with Crippen molar-refractivity contribution in [2.45, 2.75) is 47.6 Å². The van der Waals surface area contributed by atoms with Crippen LogP contribution in [0.2, 0.25) is 0 Å². The van der Waals surface area contributed by atoms with Crippen molar-refractivity contribution >= 4 is 56.6 Å². The fourth-order valence-electron chi connectivity index (χ4n) is 2.91. The van der Waals surface area contributed by atoms with E-state index in [4.69, 9.17) is 44.3 Å².